The lowest BCUT2D eigenvalue weighted by Crippen LogP contribution is -2.15. The summed E-state index contributed by atoms with van der Waals surface area (Å²) < 4.78 is 0. The van der Waals surface area contributed by atoms with Crippen LogP contribution in [0.3, 0.4) is 0 Å². The van der Waals surface area contributed by atoms with Gasteiger partial charge in [0.15, 0.2) is 0 Å². The number of hydrogen-bond donors (Lipinski definition) is 2. The summed E-state index contributed by atoms with van der Waals surface area (Å²) in [5.41, 5.74) is 1.04. The van der Waals surface area contributed by atoms with E-state index in [0.29, 0.717) is 21.7 Å². The quantitative estimate of drug-likeness (QED) is 0.761. The third-order valence-corrected chi connectivity index (χ3v) is 3.77. The molecule has 112 valence electrons. The van der Waals surface area contributed by atoms with Crippen molar-refractivity contribution in [3.8, 4) is 11.4 Å². The van der Waals surface area contributed by atoms with Gasteiger partial charge in [-0.05, 0) is 37.6 Å². The third-order valence-electron chi connectivity index (χ3n) is 3.53. The van der Waals surface area contributed by atoms with Gasteiger partial charge in [0, 0.05) is 10.6 Å². The van der Waals surface area contributed by atoms with Crippen molar-refractivity contribution in [2.45, 2.75) is 19.4 Å². The summed E-state index contributed by atoms with van der Waals surface area (Å²) in [7, 11) is 0. The van der Waals surface area contributed by atoms with Crippen LogP contribution in [0.4, 0.5) is 0 Å². The molecule has 1 heterocycles. The molecule has 0 aliphatic heterocycles. The number of fused-ring (bicyclic) bond motifs is 1. The largest absolute Gasteiger partial charge is 0.386 e. The lowest BCUT2D eigenvalue weighted by molar-refractivity contribution is 0.0786. The van der Waals surface area contributed by atoms with E-state index >= 15 is 0 Å². The number of rotatable bonds is 2. The fourth-order valence-corrected chi connectivity index (χ4v) is 2.46. The Morgan fingerprint density at radius 3 is 2.45 bits per heavy atom. The van der Waals surface area contributed by atoms with Crippen molar-refractivity contribution in [3.05, 3.63) is 63.4 Å². The molecular weight excluding hydrogens is 300 g/mol. The Hall–Kier alpha value is -2.17. The van der Waals surface area contributed by atoms with Gasteiger partial charge < -0.3 is 10.1 Å². The zero-order valence-electron chi connectivity index (χ0n) is 12.2. The highest BCUT2D eigenvalue weighted by molar-refractivity contribution is 6.31. The minimum absolute atomic E-state index is 0.228. The number of aromatic nitrogens is 2. The minimum atomic E-state index is -0.903. The monoisotopic (exact) mass is 314 g/mol. The zero-order valence-corrected chi connectivity index (χ0v) is 13.0. The molecule has 0 radical (unpaired) electrons. The number of H-pyrrole nitrogens is 1. The molecule has 0 aliphatic carbocycles. The maximum Gasteiger partial charge on any atom is 0.259 e. The molecule has 1 aromatic heterocycles. The average Bonchev–Trinajstić information content (AvgIpc) is 2.47. The van der Waals surface area contributed by atoms with E-state index in [1.165, 1.54) is 0 Å². The van der Waals surface area contributed by atoms with Gasteiger partial charge >= 0.3 is 0 Å². The Morgan fingerprint density at radius 2 is 1.82 bits per heavy atom. The molecule has 0 fully saturated rings. The molecule has 0 saturated carbocycles. The molecule has 0 bridgehead atoms. The van der Waals surface area contributed by atoms with E-state index in [4.69, 9.17) is 11.6 Å². The molecule has 2 N–H and O–H groups in total. The van der Waals surface area contributed by atoms with Crippen LogP contribution < -0.4 is 5.56 Å². The first-order valence-corrected chi connectivity index (χ1v) is 7.25. The van der Waals surface area contributed by atoms with Gasteiger partial charge in [0.2, 0.25) is 0 Å². The molecule has 0 unspecified atom stereocenters. The first-order chi connectivity index (χ1) is 10.3. The van der Waals surface area contributed by atoms with Crippen LogP contribution in [0.5, 0.6) is 0 Å². The van der Waals surface area contributed by atoms with Gasteiger partial charge in [-0.15, -0.1) is 0 Å². The van der Waals surface area contributed by atoms with E-state index in [2.05, 4.69) is 9.97 Å². The van der Waals surface area contributed by atoms with E-state index in [9.17, 15) is 9.90 Å². The van der Waals surface area contributed by atoms with Gasteiger partial charge in [-0.1, -0.05) is 35.9 Å². The summed E-state index contributed by atoms with van der Waals surface area (Å²) in [5.74, 6) is 0.488. The Kier molecular flexibility index (Phi) is 3.51. The lowest BCUT2D eigenvalue weighted by Gasteiger charge is -2.17. The first kappa shape index (κ1) is 14.8. The highest BCUT2D eigenvalue weighted by Crippen LogP contribution is 2.23. The molecule has 0 spiro atoms. The Morgan fingerprint density at radius 1 is 1.14 bits per heavy atom. The Balaban J connectivity index is 2.11. The van der Waals surface area contributed by atoms with Gasteiger partial charge in [0.1, 0.15) is 5.82 Å². The summed E-state index contributed by atoms with van der Waals surface area (Å²) in [5, 5.41) is 10.9. The van der Waals surface area contributed by atoms with Crippen LogP contribution in [0.15, 0.2) is 47.3 Å². The van der Waals surface area contributed by atoms with Crippen LogP contribution in [0.25, 0.3) is 22.3 Å². The van der Waals surface area contributed by atoms with Crippen molar-refractivity contribution < 1.29 is 5.11 Å². The molecule has 0 amide bonds. The van der Waals surface area contributed by atoms with Gasteiger partial charge in [0.05, 0.1) is 16.5 Å². The van der Waals surface area contributed by atoms with Crippen LogP contribution in [0.1, 0.15) is 19.4 Å². The second-order valence-corrected chi connectivity index (χ2v) is 6.15. The Bertz CT molecular complexity index is 893. The van der Waals surface area contributed by atoms with Crippen molar-refractivity contribution in [1.82, 2.24) is 9.97 Å². The number of aromatic amines is 1. The summed E-state index contributed by atoms with van der Waals surface area (Å²) >= 11 is 5.90. The number of benzene rings is 2. The number of aliphatic hydroxyl groups is 1. The maximum atomic E-state index is 12.2. The van der Waals surface area contributed by atoms with Crippen molar-refractivity contribution in [1.29, 1.82) is 0 Å². The topological polar surface area (TPSA) is 66.0 Å². The fourth-order valence-electron chi connectivity index (χ4n) is 2.28. The van der Waals surface area contributed by atoms with Crippen LogP contribution in [-0.2, 0) is 5.60 Å². The predicted molar refractivity (Wildman–Crippen MR) is 88.1 cm³/mol. The first-order valence-electron chi connectivity index (χ1n) is 6.87. The summed E-state index contributed by atoms with van der Waals surface area (Å²) in [6, 6.07) is 12.3. The van der Waals surface area contributed by atoms with Gasteiger partial charge in [0.25, 0.3) is 5.56 Å². The molecule has 0 atom stereocenters. The van der Waals surface area contributed by atoms with E-state index in [0.717, 1.165) is 11.1 Å². The molecule has 3 rings (SSSR count). The van der Waals surface area contributed by atoms with Gasteiger partial charge in [-0.2, -0.15) is 0 Å². The molecule has 0 aliphatic rings. The highest BCUT2D eigenvalue weighted by Gasteiger charge is 2.15. The van der Waals surface area contributed by atoms with Crippen molar-refractivity contribution in [3.63, 3.8) is 0 Å². The van der Waals surface area contributed by atoms with Crippen LogP contribution in [0, 0.1) is 0 Å². The van der Waals surface area contributed by atoms with E-state index < -0.39 is 5.60 Å². The number of halogens is 1. The fraction of sp³-hybridized carbons (Fsp3) is 0.176. The van der Waals surface area contributed by atoms with E-state index in [1.54, 1.807) is 32.0 Å². The third kappa shape index (κ3) is 2.75. The summed E-state index contributed by atoms with van der Waals surface area (Å²) in [4.78, 5) is 19.4. The lowest BCUT2D eigenvalue weighted by atomic mass is 9.97. The van der Waals surface area contributed by atoms with Crippen LogP contribution in [0.2, 0.25) is 5.02 Å². The molecule has 2 aromatic carbocycles. The van der Waals surface area contributed by atoms with Crippen molar-refractivity contribution in [2.75, 3.05) is 0 Å². The van der Waals surface area contributed by atoms with Crippen molar-refractivity contribution >= 4 is 22.5 Å². The molecule has 22 heavy (non-hydrogen) atoms. The Labute approximate surface area is 132 Å². The van der Waals surface area contributed by atoms with E-state index in [1.807, 2.05) is 24.3 Å². The van der Waals surface area contributed by atoms with Gasteiger partial charge in [-0.3, -0.25) is 4.79 Å². The van der Waals surface area contributed by atoms with Crippen molar-refractivity contribution in [2.24, 2.45) is 0 Å². The normalized spacial score (nSPS) is 11.8. The standard InChI is InChI=1S/C17H15ClN2O2/c1-17(2,22)11-5-3-10(4-6-11)15-19-14-8-7-12(18)9-13(14)16(21)20-15/h3-9,22H,1-2H3,(H,19,20,21). The van der Waals surface area contributed by atoms with Crippen LogP contribution in [-0.4, -0.2) is 15.1 Å². The predicted octanol–water partition coefficient (Wildman–Crippen LogP) is 3.47. The summed E-state index contributed by atoms with van der Waals surface area (Å²) in [6.45, 7) is 3.45. The second-order valence-electron chi connectivity index (χ2n) is 5.71. The molecule has 5 heteroatoms. The number of nitrogens with one attached hydrogen (secondary N) is 1. The second kappa shape index (κ2) is 5.23. The zero-order chi connectivity index (χ0) is 15.9. The molecule has 3 aromatic rings. The summed E-state index contributed by atoms with van der Waals surface area (Å²) in [6.07, 6.45) is 0. The van der Waals surface area contributed by atoms with E-state index in [-0.39, 0.29) is 5.56 Å². The van der Waals surface area contributed by atoms with Gasteiger partial charge in [-0.25, -0.2) is 4.98 Å². The molecular formula is C17H15ClN2O2. The minimum Gasteiger partial charge on any atom is -0.386 e. The molecule has 4 nitrogen and oxygen atoms in total. The SMILES string of the molecule is CC(C)(O)c1ccc(-c2nc3ccc(Cl)cc3c(=O)[nH]2)cc1. The number of hydrogen-bond acceptors (Lipinski definition) is 3. The maximum absolute atomic E-state index is 12.2. The highest BCUT2D eigenvalue weighted by atomic mass is 35.5. The molecule has 0 saturated heterocycles. The number of nitrogens with zero attached hydrogens (tertiary/aromatic N) is 1. The smallest absolute Gasteiger partial charge is 0.259 e. The van der Waals surface area contributed by atoms with Crippen LogP contribution >= 0.6 is 11.6 Å². The average molecular weight is 315 g/mol.